The van der Waals surface area contributed by atoms with E-state index in [0.717, 1.165) is 64.0 Å². The first kappa shape index (κ1) is 30.9. The third kappa shape index (κ3) is 6.51. The lowest BCUT2D eigenvalue weighted by atomic mass is 9.89. The van der Waals surface area contributed by atoms with Gasteiger partial charge in [-0.3, -0.25) is 4.90 Å². The lowest BCUT2D eigenvalue weighted by Crippen LogP contribution is -2.49. The zero-order valence-corrected chi connectivity index (χ0v) is 24.4. The number of likely N-dealkylation sites (N-methyl/N-ethyl adjacent to an activating group) is 1. The van der Waals surface area contributed by atoms with Crippen molar-refractivity contribution in [3.05, 3.63) is 66.1 Å². The third-order valence-corrected chi connectivity index (χ3v) is 8.36. The maximum Gasteiger partial charge on any atom is 0.198 e. The van der Waals surface area contributed by atoms with Crippen molar-refractivity contribution in [1.29, 1.82) is 0 Å². The van der Waals surface area contributed by atoms with Crippen LogP contribution in [0.1, 0.15) is 31.7 Å². The van der Waals surface area contributed by atoms with E-state index in [-0.39, 0.29) is 23.0 Å². The number of anilines is 1. The Hall–Kier alpha value is -3.59. The highest BCUT2D eigenvalue weighted by atomic mass is 32.2. The van der Waals surface area contributed by atoms with Crippen molar-refractivity contribution in [3.63, 3.8) is 0 Å². The van der Waals surface area contributed by atoms with Gasteiger partial charge in [-0.2, -0.15) is 0 Å². The number of nitrogens with two attached hydrogens (primary N) is 2. The van der Waals surface area contributed by atoms with Crippen LogP contribution in [0.5, 0.6) is 0 Å². The zero-order chi connectivity index (χ0) is 30.8. The SMILES string of the molecule is CN1CCN(C2CCC(n3cc(-c4ccc(-c5ccc(F)c(F)c5F)c(F)c4)c4c(N)ncnc43)CC2)CC1.N[SH](=O)=O. The molecule has 0 radical (unpaired) electrons. The Morgan fingerprint density at radius 1 is 0.814 bits per heavy atom. The van der Waals surface area contributed by atoms with Gasteiger partial charge in [0.25, 0.3) is 0 Å². The number of halogens is 4. The molecule has 2 aliphatic rings. The van der Waals surface area contributed by atoms with Gasteiger partial charge in [-0.15, -0.1) is 0 Å². The molecule has 2 aromatic carbocycles. The van der Waals surface area contributed by atoms with Crippen molar-refractivity contribution in [2.75, 3.05) is 39.0 Å². The van der Waals surface area contributed by atoms with Gasteiger partial charge >= 0.3 is 0 Å². The van der Waals surface area contributed by atoms with Crippen LogP contribution in [0.4, 0.5) is 23.4 Å². The van der Waals surface area contributed by atoms with Crippen molar-refractivity contribution in [2.24, 2.45) is 5.14 Å². The lowest BCUT2D eigenvalue weighted by Gasteiger charge is -2.41. The van der Waals surface area contributed by atoms with Crippen molar-refractivity contribution in [2.45, 2.75) is 37.8 Å². The summed E-state index contributed by atoms with van der Waals surface area (Å²) in [4.78, 5) is 13.7. The normalized spacial score (nSPS) is 19.9. The molecule has 6 rings (SSSR count). The van der Waals surface area contributed by atoms with Gasteiger partial charge in [-0.1, -0.05) is 12.1 Å². The summed E-state index contributed by atoms with van der Waals surface area (Å²) in [5.74, 6) is -4.86. The molecule has 9 nitrogen and oxygen atoms in total. The summed E-state index contributed by atoms with van der Waals surface area (Å²) in [5, 5.41) is 4.69. The first-order valence-electron chi connectivity index (χ1n) is 13.9. The van der Waals surface area contributed by atoms with Gasteiger partial charge in [0.15, 0.2) is 28.3 Å². The molecule has 43 heavy (non-hydrogen) atoms. The number of nitrogens with zero attached hydrogens (tertiary/aromatic N) is 5. The van der Waals surface area contributed by atoms with Gasteiger partial charge in [0.1, 0.15) is 23.6 Å². The molecule has 4 N–H and O–H groups in total. The van der Waals surface area contributed by atoms with Crippen LogP contribution in [-0.4, -0.2) is 72.0 Å². The van der Waals surface area contributed by atoms with Crippen LogP contribution in [0.3, 0.4) is 0 Å². The summed E-state index contributed by atoms with van der Waals surface area (Å²) in [6.45, 7) is 4.39. The molecule has 0 spiro atoms. The number of thiol groups is 1. The lowest BCUT2D eigenvalue weighted by molar-refractivity contribution is 0.0828. The fraction of sp³-hybridized carbons (Fsp3) is 0.379. The highest BCUT2D eigenvalue weighted by Crippen LogP contribution is 2.40. The minimum atomic E-state index is -2.62. The van der Waals surface area contributed by atoms with E-state index in [0.29, 0.717) is 28.2 Å². The number of fused-ring (bicyclic) bond motifs is 1. The van der Waals surface area contributed by atoms with E-state index in [1.54, 1.807) is 6.07 Å². The molecular weight excluding hydrogens is 586 g/mol. The number of aromatic nitrogens is 3. The summed E-state index contributed by atoms with van der Waals surface area (Å²) in [6.07, 6.45) is 7.55. The quantitative estimate of drug-likeness (QED) is 0.179. The fourth-order valence-electron chi connectivity index (χ4n) is 6.13. The predicted octanol–water partition coefficient (Wildman–Crippen LogP) is 4.11. The second kappa shape index (κ2) is 13.0. The van der Waals surface area contributed by atoms with Gasteiger partial charge in [0.05, 0.1) is 5.39 Å². The van der Waals surface area contributed by atoms with E-state index in [1.807, 2.05) is 6.20 Å². The molecule has 1 aliphatic heterocycles. The zero-order valence-electron chi connectivity index (χ0n) is 23.5. The Morgan fingerprint density at radius 3 is 2.09 bits per heavy atom. The van der Waals surface area contributed by atoms with Crippen LogP contribution in [0, 0.1) is 23.3 Å². The van der Waals surface area contributed by atoms with E-state index < -0.39 is 34.2 Å². The second-order valence-electron chi connectivity index (χ2n) is 10.9. The van der Waals surface area contributed by atoms with Crippen LogP contribution in [0.15, 0.2) is 42.9 Å². The van der Waals surface area contributed by atoms with Crippen molar-refractivity contribution >= 4 is 27.7 Å². The molecule has 4 aromatic rings. The molecule has 0 unspecified atom stereocenters. The molecule has 230 valence electrons. The Kier molecular flexibility index (Phi) is 9.30. The highest BCUT2D eigenvalue weighted by molar-refractivity contribution is 7.69. The topological polar surface area (TPSA) is 123 Å². The number of rotatable bonds is 4. The summed E-state index contributed by atoms with van der Waals surface area (Å²) in [6, 6.07) is 6.85. The molecule has 1 saturated carbocycles. The summed E-state index contributed by atoms with van der Waals surface area (Å²) >= 11 is 0. The molecule has 1 saturated heterocycles. The number of hydrogen-bond donors (Lipinski definition) is 3. The minimum absolute atomic E-state index is 0.162. The van der Waals surface area contributed by atoms with Crippen LogP contribution in [0.25, 0.3) is 33.3 Å². The smallest absolute Gasteiger partial charge is 0.198 e. The number of nitrogen functional groups attached to an aromatic ring is 1. The van der Waals surface area contributed by atoms with E-state index in [1.165, 1.54) is 18.5 Å². The Bertz CT molecular complexity index is 1690. The number of hydrogen-bond acceptors (Lipinski definition) is 7. The van der Waals surface area contributed by atoms with Crippen LogP contribution >= 0.6 is 0 Å². The summed E-state index contributed by atoms with van der Waals surface area (Å²) in [5.41, 5.74) is 7.64. The van der Waals surface area contributed by atoms with E-state index in [2.05, 4.69) is 36.5 Å². The maximum atomic E-state index is 15.3. The monoisotopic (exact) mass is 619 g/mol. The summed E-state index contributed by atoms with van der Waals surface area (Å²) in [7, 11) is -0.457. The van der Waals surface area contributed by atoms with Crippen molar-refractivity contribution in [1.82, 2.24) is 24.3 Å². The van der Waals surface area contributed by atoms with Gasteiger partial charge in [-0.25, -0.2) is 41.1 Å². The van der Waals surface area contributed by atoms with Gasteiger partial charge in [0, 0.05) is 61.1 Å². The Labute approximate surface area is 248 Å². The predicted molar refractivity (Wildman–Crippen MR) is 158 cm³/mol. The first-order chi connectivity index (χ1) is 20.5. The van der Waals surface area contributed by atoms with Crippen molar-refractivity contribution < 1.29 is 26.0 Å². The maximum absolute atomic E-state index is 15.3. The molecule has 1 aliphatic carbocycles. The standard InChI is InChI=1S/C29H30F4N6.H3NO2S/c1-37-10-12-38(13-11-37)18-3-5-19(6-4-18)39-15-22(25-28(34)35-16-36-29(25)39)17-2-7-20(24(31)14-17)21-8-9-23(30)27(33)26(21)32;1-4(2)3/h2,7-9,14-16,18-19H,3-6,10-13H2,1H3,(H2,34,35,36);4H,(H2,1,2,3). The molecular formula is C29H33F4N7O2S. The highest BCUT2D eigenvalue weighted by Gasteiger charge is 2.30. The molecule has 0 atom stereocenters. The van der Waals surface area contributed by atoms with Gasteiger partial charge in [-0.05, 0) is 56.5 Å². The Balaban J connectivity index is 0.000000868. The van der Waals surface area contributed by atoms with Gasteiger partial charge < -0.3 is 15.2 Å². The van der Waals surface area contributed by atoms with Crippen LogP contribution in [0.2, 0.25) is 0 Å². The fourth-order valence-corrected chi connectivity index (χ4v) is 6.13. The summed E-state index contributed by atoms with van der Waals surface area (Å²) < 4.78 is 76.6. The Morgan fingerprint density at radius 2 is 1.44 bits per heavy atom. The minimum Gasteiger partial charge on any atom is -0.383 e. The van der Waals surface area contributed by atoms with Crippen molar-refractivity contribution in [3.8, 4) is 22.3 Å². The van der Waals surface area contributed by atoms with Crippen LogP contribution < -0.4 is 10.9 Å². The van der Waals surface area contributed by atoms with Gasteiger partial charge in [0.2, 0.25) is 0 Å². The number of benzene rings is 2. The van der Waals surface area contributed by atoms with E-state index in [4.69, 9.17) is 14.2 Å². The van der Waals surface area contributed by atoms with Crippen LogP contribution in [-0.2, 0) is 10.9 Å². The first-order valence-corrected chi connectivity index (χ1v) is 15.2. The molecule has 3 heterocycles. The molecule has 0 bridgehead atoms. The average molecular weight is 620 g/mol. The average Bonchev–Trinajstić information content (AvgIpc) is 3.38. The molecule has 2 fully saturated rings. The second-order valence-corrected chi connectivity index (χ2v) is 11.5. The largest absolute Gasteiger partial charge is 0.383 e. The molecule has 2 aromatic heterocycles. The molecule has 0 amide bonds. The number of piperazine rings is 1. The van der Waals surface area contributed by atoms with E-state index in [9.17, 15) is 13.2 Å². The molecule has 14 heteroatoms. The van der Waals surface area contributed by atoms with E-state index >= 15 is 4.39 Å². The third-order valence-electron chi connectivity index (χ3n) is 8.36.